The summed E-state index contributed by atoms with van der Waals surface area (Å²) in [6.45, 7) is 0. The first kappa shape index (κ1) is 14.9. The zero-order valence-corrected chi connectivity index (χ0v) is 13.2. The summed E-state index contributed by atoms with van der Waals surface area (Å²) in [6, 6.07) is 15.6. The van der Waals surface area contributed by atoms with Crippen LogP contribution in [0.25, 0.3) is 16.7 Å². The number of carbonyl (C=O) groups excluding carboxylic acids is 1. The topological polar surface area (TPSA) is 67.2 Å². The van der Waals surface area contributed by atoms with Gasteiger partial charge in [-0.3, -0.25) is 9.36 Å². The van der Waals surface area contributed by atoms with Crippen LogP contribution in [0.15, 0.2) is 54.9 Å². The predicted octanol–water partition coefficient (Wildman–Crippen LogP) is 3.13. The molecule has 24 heavy (non-hydrogen) atoms. The number of aliphatic hydroxyl groups is 1. The van der Waals surface area contributed by atoms with Gasteiger partial charge in [-0.25, -0.2) is 4.98 Å². The van der Waals surface area contributed by atoms with Crippen LogP contribution in [0.1, 0.15) is 19.3 Å². The van der Waals surface area contributed by atoms with E-state index in [0.29, 0.717) is 6.42 Å². The highest BCUT2D eigenvalue weighted by Crippen LogP contribution is 2.27. The maximum Gasteiger partial charge on any atom is 0.230 e. The van der Waals surface area contributed by atoms with Gasteiger partial charge >= 0.3 is 0 Å². The molecule has 4 rings (SSSR count). The van der Waals surface area contributed by atoms with E-state index in [9.17, 15) is 9.90 Å². The molecule has 5 nitrogen and oxygen atoms in total. The number of nitrogens with one attached hydrogen (secondary N) is 1. The number of imidazole rings is 1. The lowest BCUT2D eigenvalue weighted by Crippen LogP contribution is -2.28. The fourth-order valence-corrected chi connectivity index (χ4v) is 3.35. The molecule has 2 N–H and O–H groups in total. The summed E-state index contributed by atoms with van der Waals surface area (Å²) in [5, 5.41) is 12.7. The van der Waals surface area contributed by atoms with Crippen LogP contribution >= 0.6 is 0 Å². The number of benzene rings is 2. The SMILES string of the molecule is O=C(Nc1ccc(-n2cnc3ccccc32)cc1)C1CCCC1O. The van der Waals surface area contributed by atoms with Gasteiger partial charge < -0.3 is 10.4 Å². The van der Waals surface area contributed by atoms with Crippen molar-refractivity contribution in [3.05, 3.63) is 54.9 Å². The molecular weight excluding hydrogens is 302 g/mol. The minimum Gasteiger partial charge on any atom is -0.392 e. The fourth-order valence-electron chi connectivity index (χ4n) is 3.35. The first-order chi connectivity index (χ1) is 11.7. The molecule has 1 heterocycles. The number of amides is 1. The molecule has 0 saturated heterocycles. The molecule has 5 heteroatoms. The van der Waals surface area contributed by atoms with Crippen molar-refractivity contribution in [1.82, 2.24) is 9.55 Å². The van der Waals surface area contributed by atoms with Gasteiger partial charge in [0.1, 0.15) is 6.33 Å². The van der Waals surface area contributed by atoms with E-state index in [4.69, 9.17) is 0 Å². The third kappa shape index (κ3) is 2.67. The van der Waals surface area contributed by atoms with Crippen LogP contribution in [-0.2, 0) is 4.79 Å². The number of rotatable bonds is 3. The third-order valence-corrected chi connectivity index (χ3v) is 4.68. The average Bonchev–Trinajstić information content (AvgIpc) is 3.22. The summed E-state index contributed by atoms with van der Waals surface area (Å²) in [5.74, 6) is -0.386. The van der Waals surface area contributed by atoms with Crippen LogP contribution < -0.4 is 5.32 Å². The third-order valence-electron chi connectivity index (χ3n) is 4.68. The van der Waals surface area contributed by atoms with Crippen molar-refractivity contribution in [2.45, 2.75) is 25.4 Å². The van der Waals surface area contributed by atoms with Gasteiger partial charge in [-0.15, -0.1) is 0 Å². The second-order valence-corrected chi connectivity index (χ2v) is 6.24. The van der Waals surface area contributed by atoms with Crippen molar-refractivity contribution < 1.29 is 9.90 Å². The lowest BCUT2D eigenvalue weighted by molar-refractivity contribution is -0.122. The lowest BCUT2D eigenvalue weighted by atomic mass is 10.1. The van der Waals surface area contributed by atoms with Crippen LogP contribution in [0, 0.1) is 5.92 Å². The van der Waals surface area contributed by atoms with Crippen LogP contribution in [-0.4, -0.2) is 26.7 Å². The number of aliphatic hydroxyl groups excluding tert-OH is 1. The van der Waals surface area contributed by atoms with Gasteiger partial charge in [-0.2, -0.15) is 0 Å². The number of para-hydroxylation sites is 2. The first-order valence-corrected chi connectivity index (χ1v) is 8.24. The second kappa shape index (κ2) is 6.09. The normalized spacial score (nSPS) is 20.4. The summed E-state index contributed by atoms with van der Waals surface area (Å²) in [6.07, 6.45) is 3.66. The summed E-state index contributed by atoms with van der Waals surface area (Å²) >= 11 is 0. The summed E-state index contributed by atoms with van der Waals surface area (Å²) in [5.41, 5.74) is 3.73. The Morgan fingerprint density at radius 2 is 1.92 bits per heavy atom. The van der Waals surface area contributed by atoms with E-state index in [1.54, 1.807) is 6.33 Å². The van der Waals surface area contributed by atoms with E-state index in [2.05, 4.69) is 10.3 Å². The standard InChI is InChI=1S/C19H19N3O2/c23-18-7-3-4-15(18)19(24)21-13-8-10-14(11-9-13)22-12-20-16-5-1-2-6-17(16)22/h1-2,5-6,8-12,15,18,23H,3-4,7H2,(H,21,24). The predicted molar refractivity (Wildman–Crippen MR) is 93.0 cm³/mol. The molecule has 1 aromatic heterocycles. The highest BCUT2D eigenvalue weighted by atomic mass is 16.3. The van der Waals surface area contributed by atoms with Crippen molar-refractivity contribution in [3.63, 3.8) is 0 Å². The molecule has 2 unspecified atom stereocenters. The van der Waals surface area contributed by atoms with E-state index >= 15 is 0 Å². The Kier molecular flexibility index (Phi) is 3.78. The van der Waals surface area contributed by atoms with Crippen molar-refractivity contribution >= 4 is 22.6 Å². The number of anilines is 1. The fraction of sp³-hybridized carbons (Fsp3) is 0.263. The Hall–Kier alpha value is -2.66. The maximum atomic E-state index is 12.2. The Balaban J connectivity index is 1.53. The summed E-state index contributed by atoms with van der Waals surface area (Å²) in [4.78, 5) is 16.6. The highest BCUT2D eigenvalue weighted by Gasteiger charge is 2.31. The number of hydrogen-bond acceptors (Lipinski definition) is 3. The van der Waals surface area contributed by atoms with E-state index < -0.39 is 6.10 Å². The van der Waals surface area contributed by atoms with Crippen molar-refractivity contribution in [1.29, 1.82) is 0 Å². The highest BCUT2D eigenvalue weighted by molar-refractivity contribution is 5.93. The van der Waals surface area contributed by atoms with Gasteiger partial charge in [-0.05, 0) is 55.7 Å². The van der Waals surface area contributed by atoms with Crippen molar-refractivity contribution in [3.8, 4) is 5.69 Å². The van der Waals surface area contributed by atoms with E-state index in [0.717, 1.165) is 35.2 Å². The van der Waals surface area contributed by atoms with E-state index in [1.165, 1.54) is 0 Å². The Morgan fingerprint density at radius 3 is 2.67 bits per heavy atom. The van der Waals surface area contributed by atoms with E-state index in [1.807, 2.05) is 53.1 Å². The van der Waals surface area contributed by atoms with Gasteiger partial charge in [0.15, 0.2) is 0 Å². The van der Waals surface area contributed by atoms with Gasteiger partial charge in [0.25, 0.3) is 0 Å². The number of carbonyl (C=O) groups is 1. The minimum atomic E-state index is -0.512. The van der Waals surface area contributed by atoms with Gasteiger partial charge in [0.05, 0.1) is 23.1 Å². The second-order valence-electron chi connectivity index (χ2n) is 6.24. The maximum absolute atomic E-state index is 12.2. The Bertz CT molecular complexity index is 870. The molecule has 1 aliphatic carbocycles. The Labute approximate surface area is 139 Å². The van der Waals surface area contributed by atoms with Gasteiger partial charge in [0.2, 0.25) is 5.91 Å². The molecule has 1 aliphatic rings. The molecule has 0 aliphatic heterocycles. The molecule has 122 valence electrons. The summed E-state index contributed by atoms with van der Waals surface area (Å²) in [7, 11) is 0. The quantitative estimate of drug-likeness (QED) is 0.779. The van der Waals surface area contributed by atoms with E-state index in [-0.39, 0.29) is 11.8 Å². The first-order valence-electron chi connectivity index (χ1n) is 8.24. The Morgan fingerprint density at radius 1 is 1.12 bits per heavy atom. The molecule has 0 spiro atoms. The zero-order chi connectivity index (χ0) is 16.5. The minimum absolute atomic E-state index is 0.0965. The molecule has 1 saturated carbocycles. The van der Waals surface area contributed by atoms with Crippen molar-refractivity contribution in [2.24, 2.45) is 5.92 Å². The molecule has 0 bridgehead atoms. The molecule has 0 radical (unpaired) electrons. The van der Waals surface area contributed by atoms with Gasteiger partial charge in [0, 0.05) is 11.4 Å². The van der Waals surface area contributed by atoms with Crippen LogP contribution in [0.3, 0.4) is 0 Å². The molecule has 3 aromatic rings. The molecule has 1 amide bonds. The largest absolute Gasteiger partial charge is 0.392 e. The number of aromatic nitrogens is 2. The van der Waals surface area contributed by atoms with Crippen molar-refractivity contribution in [2.75, 3.05) is 5.32 Å². The molecule has 2 aromatic carbocycles. The van der Waals surface area contributed by atoms with Gasteiger partial charge in [-0.1, -0.05) is 12.1 Å². The average molecular weight is 321 g/mol. The smallest absolute Gasteiger partial charge is 0.230 e. The molecule has 1 fully saturated rings. The molecular formula is C19H19N3O2. The molecule has 2 atom stereocenters. The number of hydrogen-bond donors (Lipinski definition) is 2. The van der Waals surface area contributed by atoms with Crippen LogP contribution in [0.2, 0.25) is 0 Å². The number of fused-ring (bicyclic) bond motifs is 1. The van der Waals surface area contributed by atoms with Crippen LogP contribution in [0.4, 0.5) is 5.69 Å². The monoisotopic (exact) mass is 321 g/mol. The lowest BCUT2D eigenvalue weighted by Gasteiger charge is -2.14. The number of nitrogens with zero attached hydrogens (tertiary/aromatic N) is 2. The summed E-state index contributed by atoms with van der Waals surface area (Å²) < 4.78 is 2.02. The van der Waals surface area contributed by atoms with Crippen LogP contribution in [0.5, 0.6) is 0 Å². The zero-order valence-electron chi connectivity index (χ0n) is 13.2.